The van der Waals surface area contributed by atoms with E-state index >= 15 is 0 Å². The number of hydrogen-bond donors (Lipinski definition) is 1. The van der Waals surface area contributed by atoms with Gasteiger partial charge in [0, 0.05) is 16.7 Å². The van der Waals surface area contributed by atoms with Gasteiger partial charge in [0.15, 0.2) is 0 Å². The van der Waals surface area contributed by atoms with Gasteiger partial charge in [-0.15, -0.1) is 0 Å². The number of hydrogen-bond acceptors (Lipinski definition) is 5. The Labute approximate surface area is 147 Å². The largest absolute Gasteiger partial charge is 0.423 e. The fraction of sp³-hybridized carbons (Fsp3) is 0.0625. The van der Waals surface area contributed by atoms with Crippen molar-refractivity contribution in [3.8, 4) is 5.75 Å². The maximum Gasteiger partial charge on any atom is 0.345 e. The van der Waals surface area contributed by atoms with Gasteiger partial charge in [0.25, 0.3) is 0 Å². The summed E-state index contributed by atoms with van der Waals surface area (Å²) in [7, 11) is 0. The number of nitrogens with zero attached hydrogens (tertiary/aromatic N) is 1. The number of benzene rings is 2. The third-order valence-electron chi connectivity index (χ3n) is 3.00. The molecule has 0 bridgehead atoms. The van der Waals surface area contributed by atoms with Crippen LogP contribution in [0.2, 0.25) is 10.0 Å². The molecule has 6 nitrogen and oxygen atoms in total. The van der Waals surface area contributed by atoms with Gasteiger partial charge in [0.2, 0.25) is 6.20 Å². The standard InChI is InChI=1S/C16H11Cl2NO5/c17-12-2-3-13(14(18)8-12)16(21)24-15-4-1-10(5-6-19(22)23)7-11(15)9-20/h1-8,20H,9H2/b6-5+. The molecule has 8 heteroatoms. The summed E-state index contributed by atoms with van der Waals surface area (Å²) < 4.78 is 5.24. The van der Waals surface area contributed by atoms with E-state index in [1.165, 1.54) is 42.5 Å². The Morgan fingerprint density at radius 2 is 2.00 bits per heavy atom. The summed E-state index contributed by atoms with van der Waals surface area (Å²) in [6.07, 6.45) is 2.04. The number of ether oxygens (including phenoxy) is 1. The van der Waals surface area contributed by atoms with Gasteiger partial charge in [-0.25, -0.2) is 4.79 Å². The molecule has 0 amide bonds. The normalized spacial score (nSPS) is 10.8. The highest BCUT2D eigenvalue weighted by atomic mass is 35.5. The van der Waals surface area contributed by atoms with E-state index in [1.54, 1.807) is 0 Å². The number of aliphatic hydroxyl groups is 1. The summed E-state index contributed by atoms with van der Waals surface area (Å²) in [5.74, 6) is -0.577. The first-order chi connectivity index (χ1) is 11.4. The van der Waals surface area contributed by atoms with Crippen molar-refractivity contribution in [2.75, 3.05) is 0 Å². The van der Waals surface area contributed by atoms with Gasteiger partial charge in [-0.2, -0.15) is 0 Å². The second-order valence-electron chi connectivity index (χ2n) is 4.64. The molecular weight excluding hydrogens is 357 g/mol. The monoisotopic (exact) mass is 367 g/mol. The van der Waals surface area contributed by atoms with E-state index in [0.29, 0.717) is 16.1 Å². The summed E-state index contributed by atoms with van der Waals surface area (Å²) in [5.41, 5.74) is 0.918. The summed E-state index contributed by atoms with van der Waals surface area (Å²) in [6, 6.07) is 8.78. The van der Waals surface area contributed by atoms with Crippen LogP contribution in [0.25, 0.3) is 6.08 Å². The van der Waals surface area contributed by atoms with Crippen LogP contribution >= 0.6 is 23.2 Å². The van der Waals surface area contributed by atoms with Gasteiger partial charge >= 0.3 is 5.97 Å². The van der Waals surface area contributed by atoms with Crippen LogP contribution in [0.1, 0.15) is 21.5 Å². The minimum absolute atomic E-state index is 0.127. The first-order valence-corrected chi connectivity index (χ1v) is 7.39. The highest BCUT2D eigenvalue weighted by Crippen LogP contribution is 2.25. The molecule has 2 rings (SSSR count). The maximum atomic E-state index is 12.2. The number of carbonyl (C=O) groups excluding carboxylic acids is 1. The van der Waals surface area contributed by atoms with Crippen LogP contribution in [0.15, 0.2) is 42.6 Å². The number of nitro groups is 1. The molecule has 0 saturated carbocycles. The Kier molecular flexibility index (Phi) is 5.92. The number of rotatable bonds is 5. The third-order valence-corrected chi connectivity index (χ3v) is 3.55. The second kappa shape index (κ2) is 7.92. The zero-order valence-electron chi connectivity index (χ0n) is 12.1. The summed E-state index contributed by atoms with van der Waals surface area (Å²) in [4.78, 5) is 21.9. The predicted octanol–water partition coefficient (Wildman–Crippen LogP) is 3.95. The Balaban J connectivity index is 2.25. The highest BCUT2D eigenvalue weighted by Gasteiger charge is 2.15. The van der Waals surface area contributed by atoms with Crippen molar-refractivity contribution in [2.24, 2.45) is 0 Å². The molecule has 24 heavy (non-hydrogen) atoms. The molecular formula is C16H11Cl2NO5. The molecule has 2 aromatic rings. The van der Waals surface area contributed by atoms with E-state index in [0.717, 1.165) is 6.20 Å². The quantitative estimate of drug-likeness (QED) is 0.374. The van der Waals surface area contributed by atoms with E-state index in [1.807, 2.05) is 0 Å². The molecule has 0 unspecified atom stereocenters. The Bertz CT molecular complexity index is 820. The lowest BCUT2D eigenvalue weighted by molar-refractivity contribution is -0.400. The fourth-order valence-electron chi connectivity index (χ4n) is 1.88. The predicted molar refractivity (Wildman–Crippen MR) is 89.8 cm³/mol. The van der Waals surface area contributed by atoms with Crippen LogP contribution in [0, 0.1) is 10.1 Å². The summed E-state index contributed by atoms with van der Waals surface area (Å²) >= 11 is 11.7. The molecule has 0 aliphatic heterocycles. The molecule has 0 saturated heterocycles. The lowest BCUT2D eigenvalue weighted by Gasteiger charge is -2.10. The van der Waals surface area contributed by atoms with E-state index in [9.17, 15) is 20.0 Å². The van der Waals surface area contributed by atoms with Gasteiger partial charge in [-0.1, -0.05) is 29.3 Å². The van der Waals surface area contributed by atoms with Crippen LogP contribution in [-0.2, 0) is 6.61 Å². The maximum absolute atomic E-state index is 12.2. The van der Waals surface area contributed by atoms with Crippen LogP contribution in [0.5, 0.6) is 5.75 Å². The van der Waals surface area contributed by atoms with Crippen LogP contribution in [0.3, 0.4) is 0 Å². The van der Waals surface area contributed by atoms with Crippen molar-refractivity contribution >= 4 is 35.2 Å². The summed E-state index contributed by atoms with van der Waals surface area (Å²) in [6.45, 7) is -0.406. The van der Waals surface area contributed by atoms with E-state index in [2.05, 4.69) is 0 Å². The van der Waals surface area contributed by atoms with Crippen LogP contribution < -0.4 is 4.74 Å². The van der Waals surface area contributed by atoms with Crippen molar-refractivity contribution in [1.29, 1.82) is 0 Å². The molecule has 0 heterocycles. The molecule has 1 N–H and O–H groups in total. The van der Waals surface area contributed by atoms with Gasteiger partial charge in [-0.05, 0) is 35.9 Å². The van der Waals surface area contributed by atoms with E-state index < -0.39 is 17.5 Å². The molecule has 0 atom stereocenters. The van der Waals surface area contributed by atoms with Gasteiger partial charge in [0.05, 0.1) is 22.1 Å². The molecule has 2 aromatic carbocycles. The molecule has 124 valence electrons. The third kappa shape index (κ3) is 4.55. The molecule has 0 aliphatic rings. The van der Waals surface area contributed by atoms with Crippen molar-refractivity contribution < 1.29 is 19.6 Å². The highest BCUT2D eigenvalue weighted by molar-refractivity contribution is 6.36. The SMILES string of the molecule is O=C(Oc1ccc(/C=C/[N+](=O)[O-])cc1CO)c1ccc(Cl)cc1Cl. The van der Waals surface area contributed by atoms with Gasteiger partial charge in [-0.3, -0.25) is 10.1 Å². The smallest absolute Gasteiger partial charge is 0.345 e. The zero-order chi connectivity index (χ0) is 17.7. The zero-order valence-corrected chi connectivity index (χ0v) is 13.6. The molecule has 0 spiro atoms. The Morgan fingerprint density at radius 3 is 2.62 bits per heavy atom. The van der Waals surface area contributed by atoms with Crippen molar-refractivity contribution in [2.45, 2.75) is 6.61 Å². The lowest BCUT2D eigenvalue weighted by Crippen LogP contribution is -2.10. The van der Waals surface area contributed by atoms with Crippen molar-refractivity contribution in [1.82, 2.24) is 0 Å². The molecule has 0 aromatic heterocycles. The second-order valence-corrected chi connectivity index (χ2v) is 5.48. The fourth-order valence-corrected chi connectivity index (χ4v) is 2.37. The molecule has 0 fully saturated rings. The topological polar surface area (TPSA) is 89.7 Å². The Morgan fingerprint density at radius 1 is 1.25 bits per heavy atom. The lowest BCUT2D eigenvalue weighted by atomic mass is 10.1. The van der Waals surface area contributed by atoms with E-state index in [-0.39, 0.29) is 16.3 Å². The number of esters is 1. The van der Waals surface area contributed by atoms with Crippen molar-refractivity contribution in [3.05, 3.63) is 79.4 Å². The van der Waals surface area contributed by atoms with Crippen LogP contribution in [-0.4, -0.2) is 16.0 Å². The Hall–Kier alpha value is -2.41. The number of carbonyl (C=O) groups is 1. The number of halogens is 2. The van der Waals surface area contributed by atoms with Gasteiger partial charge in [0.1, 0.15) is 5.75 Å². The number of aliphatic hydroxyl groups excluding tert-OH is 1. The van der Waals surface area contributed by atoms with Gasteiger partial charge < -0.3 is 9.84 Å². The first kappa shape index (κ1) is 17.9. The van der Waals surface area contributed by atoms with Crippen molar-refractivity contribution in [3.63, 3.8) is 0 Å². The molecule has 0 radical (unpaired) electrons. The average Bonchev–Trinajstić information content (AvgIpc) is 2.53. The average molecular weight is 368 g/mol. The first-order valence-electron chi connectivity index (χ1n) is 6.63. The van der Waals surface area contributed by atoms with E-state index in [4.69, 9.17) is 27.9 Å². The molecule has 0 aliphatic carbocycles. The summed E-state index contributed by atoms with van der Waals surface area (Å²) in [5, 5.41) is 20.3. The minimum Gasteiger partial charge on any atom is -0.423 e. The minimum atomic E-state index is -0.708. The van der Waals surface area contributed by atoms with Crippen LogP contribution in [0.4, 0.5) is 0 Å².